The summed E-state index contributed by atoms with van der Waals surface area (Å²) in [5.41, 5.74) is 0.0683. The molecule has 0 spiro atoms. The summed E-state index contributed by atoms with van der Waals surface area (Å²) in [4.78, 5) is 86.1. The topological polar surface area (TPSA) is 221 Å². The Morgan fingerprint density at radius 3 is 1.41 bits per heavy atom. The van der Waals surface area contributed by atoms with E-state index in [0.29, 0.717) is 4.47 Å². The number of hydrogen-bond acceptors (Lipinski definition) is 18. The van der Waals surface area contributed by atoms with Gasteiger partial charge in [0, 0.05) is 53.1 Å². The van der Waals surface area contributed by atoms with E-state index in [1.165, 1.54) is 19.2 Å². The Hall–Kier alpha value is -4.17. The lowest BCUT2D eigenvalue weighted by Gasteiger charge is -2.46. The highest BCUT2D eigenvalue weighted by Gasteiger charge is 2.55. The number of benzene rings is 1. The van der Waals surface area contributed by atoms with Crippen LogP contribution in [-0.2, 0) is 80.9 Å². The van der Waals surface area contributed by atoms with E-state index < -0.39 is 116 Å². The summed E-state index contributed by atoms with van der Waals surface area (Å²) in [7, 11) is 1.22. The number of halogens is 1. The molecule has 18 nitrogen and oxygen atoms in total. The first-order valence-corrected chi connectivity index (χ1v) is 16.2. The van der Waals surface area contributed by atoms with Gasteiger partial charge >= 0.3 is 41.8 Å². The molecule has 0 aliphatic carbocycles. The molecule has 0 N–H and O–H groups in total. The number of carbonyl (C=O) groups excluding carboxylic acids is 7. The average Bonchev–Trinajstić information content (AvgIpc) is 3.02. The zero-order chi connectivity index (χ0) is 38.0. The quantitative estimate of drug-likeness (QED) is 0.203. The molecule has 2 aliphatic rings. The largest absolute Gasteiger partial charge is 0.463 e. The lowest BCUT2D eigenvalue weighted by Crippen LogP contribution is -2.65. The maximum absolute atomic E-state index is 13.4. The predicted octanol–water partition coefficient (Wildman–Crippen LogP) is 1.31. The molecule has 0 unspecified atom stereocenters. The van der Waals surface area contributed by atoms with Gasteiger partial charge in [0.1, 0.15) is 18.8 Å². The van der Waals surface area contributed by atoms with Crippen LogP contribution in [0.3, 0.4) is 0 Å². The Morgan fingerprint density at radius 1 is 0.549 bits per heavy atom. The van der Waals surface area contributed by atoms with E-state index in [2.05, 4.69) is 15.9 Å². The van der Waals surface area contributed by atoms with Crippen LogP contribution in [-0.4, -0.2) is 124 Å². The van der Waals surface area contributed by atoms with Crippen molar-refractivity contribution in [2.24, 2.45) is 0 Å². The third kappa shape index (κ3) is 12.0. The monoisotopic (exact) mass is 790 g/mol. The Morgan fingerprint density at radius 2 is 0.961 bits per heavy atom. The lowest BCUT2D eigenvalue weighted by atomic mass is 9.97. The molecule has 282 valence electrons. The van der Waals surface area contributed by atoms with Crippen molar-refractivity contribution in [1.29, 1.82) is 0 Å². The van der Waals surface area contributed by atoms with Gasteiger partial charge in [-0.05, 0) is 24.3 Å². The molecule has 2 saturated heterocycles. The summed E-state index contributed by atoms with van der Waals surface area (Å²) >= 11 is 3.28. The van der Waals surface area contributed by atoms with Crippen LogP contribution in [0.25, 0.3) is 0 Å². The van der Waals surface area contributed by atoms with E-state index >= 15 is 0 Å². The standard InChI is InChI=1S/C32H39BrO18/c1-14(34)42-12-22-24(44-15(2)35)27(47-18(5)38)29(51-30(40)20-8-10-21(33)11-9-20)32(50-22)43-13-23-25(45-16(3)36)26(46-17(4)37)28(48-19(6)39)31(41-7)49-23/h8-11,22-29,31-32H,12-13H2,1-7H3/t22-,23-,24+,25+,26+,27+,28-,29-,31-,32-/m1/s1. The van der Waals surface area contributed by atoms with Crippen molar-refractivity contribution in [1.82, 2.24) is 0 Å². The van der Waals surface area contributed by atoms with Gasteiger partial charge in [0.15, 0.2) is 49.2 Å². The molecular weight excluding hydrogens is 752 g/mol. The summed E-state index contributed by atoms with van der Waals surface area (Å²) < 4.78 is 62.1. The summed E-state index contributed by atoms with van der Waals surface area (Å²) in [5, 5.41) is 0. The van der Waals surface area contributed by atoms with E-state index in [9.17, 15) is 33.6 Å². The van der Waals surface area contributed by atoms with Gasteiger partial charge in [0.25, 0.3) is 0 Å². The molecular formula is C32H39BrO18. The van der Waals surface area contributed by atoms with Crippen LogP contribution < -0.4 is 0 Å². The summed E-state index contributed by atoms with van der Waals surface area (Å²) in [6.07, 6.45) is -14.8. The van der Waals surface area contributed by atoms with Crippen LogP contribution >= 0.6 is 15.9 Å². The molecule has 10 atom stereocenters. The number of hydrogen-bond donors (Lipinski definition) is 0. The van der Waals surface area contributed by atoms with Gasteiger partial charge in [-0.15, -0.1) is 0 Å². The maximum atomic E-state index is 13.4. The number of methoxy groups -OCH3 is 1. The number of carbonyl (C=O) groups is 7. The molecule has 3 rings (SSSR count). The first-order chi connectivity index (χ1) is 24.0. The molecule has 0 amide bonds. The van der Waals surface area contributed by atoms with E-state index in [-0.39, 0.29) is 5.56 Å². The van der Waals surface area contributed by atoms with E-state index in [1.54, 1.807) is 12.1 Å². The molecule has 51 heavy (non-hydrogen) atoms. The second-order valence-corrected chi connectivity index (χ2v) is 12.1. The second-order valence-electron chi connectivity index (χ2n) is 11.2. The molecule has 2 fully saturated rings. The highest BCUT2D eigenvalue weighted by molar-refractivity contribution is 9.10. The van der Waals surface area contributed by atoms with Crippen LogP contribution in [0, 0.1) is 0 Å². The van der Waals surface area contributed by atoms with Gasteiger partial charge in [0.2, 0.25) is 0 Å². The van der Waals surface area contributed by atoms with Crippen LogP contribution in [0.15, 0.2) is 28.7 Å². The molecule has 2 aliphatic heterocycles. The Labute approximate surface area is 300 Å². The minimum absolute atomic E-state index is 0.0683. The molecule has 0 saturated carbocycles. The van der Waals surface area contributed by atoms with E-state index in [1.807, 2.05) is 0 Å². The molecule has 19 heteroatoms. The van der Waals surface area contributed by atoms with Gasteiger partial charge in [0.05, 0.1) is 12.2 Å². The smallest absolute Gasteiger partial charge is 0.338 e. The number of rotatable bonds is 13. The lowest BCUT2D eigenvalue weighted by molar-refractivity contribution is -0.331. The summed E-state index contributed by atoms with van der Waals surface area (Å²) in [6.45, 7) is 5.38. The first-order valence-electron chi connectivity index (χ1n) is 15.4. The molecule has 1 aromatic carbocycles. The minimum Gasteiger partial charge on any atom is -0.463 e. The fourth-order valence-electron chi connectivity index (χ4n) is 5.28. The zero-order valence-electron chi connectivity index (χ0n) is 28.7. The van der Waals surface area contributed by atoms with E-state index in [0.717, 1.165) is 41.5 Å². The first kappa shape index (κ1) is 41.3. The third-order valence-electron chi connectivity index (χ3n) is 7.12. The van der Waals surface area contributed by atoms with Gasteiger partial charge in [-0.1, -0.05) is 15.9 Å². The molecule has 2 heterocycles. The number of esters is 7. The predicted molar refractivity (Wildman–Crippen MR) is 168 cm³/mol. The zero-order valence-corrected chi connectivity index (χ0v) is 30.3. The SMILES string of the molecule is CO[C@@H]1O[C@H](CO[C@@H]2O[C@H](COC(C)=O)[C@H](OC(C)=O)[C@H](OC(C)=O)[C@H]2OC(=O)c2ccc(Br)cc2)[C@H](OC(C)=O)[C@H](OC(C)=O)[C@H]1OC(C)=O. The number of ether oxygens (including phenoxy) is 11. The molecule has 0 bridgehead atoms. The van der Waals surface area contributed by atoms with Crippen LogP contribution in [0.4, 0.5) is 0 Å². The maximum Gasteiger partial charge on any atom is 0.338 e. The van der Waals surface area contributed by atoms with Crippen LogP contribution in [0.2, 0.25) is 0 Å². The van der Waals surface area contributed by atoms with Crippen molar-refractivity contribution in [3.8, 4) is 0 Å². The highest BCUT2D eigenvalue weighted by atomic mass is 79.9. The van der Waals surface area contributed by atoms with Gasteiger partial charge < -0.3 is 52.1 Å². The average molecular weight is 792 g/mol. The highest BCUT2D eigenvalue weighted by Crippen LogP contribution is 2.33. The van der Waals surface area contributed by atoms with Crippen molar-refractivity contribution in [3.63, 3.8) is 0 Å². The van der Waals surface area contributed by atoms with Gasteiger partial charge in [-0.3, -0.25) is 28.8 Å². The van der Waals surface area contributed by atoms with Gasteiger partial charge in [-0.25, -0.2) is 4.79 Å². The van der Waals surface area contributed by atoms with Crippen molar-refractivity contribution in [2.45, 2.75) is 103 Å². The van der Waals surface area contributed by atoms with Crippen LogP contribution in [0.5, 0.6) is 0 Å². The van der Waals surface area contributed by atoms with Crippen molar-refractivity contribution in [2.75, 3.05) is 20.3 Å². The Balaban J connectivity index is 2.07. The summed E-state index contributed by atoms with van der Waals surface area (Å²) in [6, 6.07) is 6.04. The van der Waals surface area contributed by atoms with E-state index in [4.69, 9.17) is 52.1 Å². The molecule has 1 aromatic rings. The summed E-state index contributed by atoms with van der Waals surface area (Å²) in [5.74, 6) is -5.81. The Bertz CT molecular complexity index is 1430. The second kappa shape index (κ2) is 18.9. The van der Waals surface area contributed by atoms with Crippen LogP contribution in [0.1, 0.15) is 51.9 Å². The van der Waals surface area contributed by atoms with Crippen molar-refractivity contribution in [3.05, 3.63) is 34.3 Å². The Kier molecular flexibility index (Phi) is 15.3. The third-order valence-corrected chi connectivity index (χ3v) is 7.65. The fourth-order valence-corrected chi connectivity index (χ4v) is 5.54. The molecule has 0 radical (unpaired) electrons. The molecule has 0 aromatic heterocycles. The minimum atomic E-state index is -1.68. The normalized spacial score (nSPS) is 28.7. The van der Waals surface area contributed by atoms with Crippen molar-refractivity contribution >= 4 is 57.7 Å². The fraction of sp³-hybridized carbons (Fsp3) is 0.594. The van der Waals surface area contributed by atoms with Crippen molar-refractivity contribution < 1.29 is 85.7 Å². The van der Waals surface area contributed by atoms with Gasteiger partial charge in [-0.2, -0.15) is 0 Å².